The molecule has 1 saturated heterocycles. The summed E-state index contributed by atoms with van der Waals surface area (Å²) in [4.78, 5) is 27.3. The van der Waals surface area contributed by atoms with Gasteiger partial charge in [-0.25, -0.2) is 9.75 Å². The van der Waals surface area contributed by atoms with Crippen LogP contribution in [-0.4, -0.2) is 55.6 Å². The summed E-state index contributed by atoms with van der Waals surface area (Å²) >= 11 is 12.0. The van der Waals surface area contributed by atoms with E-state index >= 15 is 0 Å². The Kier molecular flexibility index (Phi) is 6.11. The lowest BCUT2D eigenvalue weighted by atomic mass is 10.1. The van der Waals surface area contributed by atoms with Crippen molar-refractivity contribution in [2.75, 3.05) is 18.5 Å². The van der Waals surface area contributed by atoms with Crippen LogP contribution in [0.3, 0.4) is 0 Å². The van der Waals surface area contributed by atoms with Crippen LogP contribution in [0.15, 0.2) is 48.9 Å². The average Bonchev–Trinajstić information content (AvgIpc) is 3.19. The second-order valence-electron chi connectivity index (χ2n) is 6.35. The lowest BCUT2D eigenvalue weighted by Crippen LogP contribution is -2.51. The molecule has 1 aromatic carbocycles. The Balaban J connectivity index is 1.50. The van der Waals surface area contributed by atoms with E-state index in [0.29, 0.717) is 16.4 Å². The van der Waals surface area contributed by atoms with Gasteiger partial charge in [0, 0.05) is 23.8 Å². The van der Waals surface area contributed by atoms with Gasteiger partial charge in [-0.1, -0.05) is 34.5 Å². The zero-order valence-corrected chi connectivity index (χ0v) is 16.9. The monoisotopic (exact) mass is 450 g/mol. The van der Waals surface area contributed by atoms with Crippen LogP contribution in [0.1, 0.15) is 5.56 Å². The zero-order chi connectivity index (χ0) is 21.1. The lowest BCUT2D eigenvalue weighted by molar-refractivity contribution is -0.282. The van der Waals surface area contributed by atoms with E-state index in [-0.39, 0.29) is 25.0 Å². The first-order valence-corrected chi connectivity index (χ1v) is 9.56. The zero-order valence-electron chi connectivity index (χ0n) is 15.4. The molecule has 1 N–H and O–H groups in total. The number of nitrogens with zero attached hydrogens (tertiary/aromatic N) is 6. The summed E-state index contributed by atoms with van der Waals surface area (Å²) < 4.78 is 1.48. The molecule has 4 rings (SSSR count). The van der Waals surface area contributed by atoms with Gasteiger partial charge in [0.2, 0.25) is 0 Å². The highest BCUT2D eigenvalue weighted by molar-refractivity contribution is 6.31. The summed E-state index contributed by atoms with van der Waals surface area (Å²) in [6.45, 7) is -0.173. The van der Waals surface area contributed by atoms with E-state index in [1.807, 2.05) is 6.07 Å². The molecule has 0 aliphatic carbocycles. The third-order valence-corrected chi connectivity index (χ3v) is 4.79. The Hall–Kier alpha value is -2.76. The highest BCUT2D eigenvalue weighted by Gasteiger charge is 2.32. The maximum absolute atomic E-state index is 11.8. The number of pyridine rings is 1. The van der Waals surface area contributed by atoms with Crippen LogP contribution in [0.2, 0.25) is 10.2 Å². The molecule has 0 radical (unpaired) electrons. The van der Waals surface area contributed by atoms with Gasteiger partial charge in [-0.05, 0) is 29.8 Å². The molecule has 3 aromatic rings. The summed E-state index contributed by atoms with van der Waals surface area (Å²) in [6, 6.07) is 7.73. The number of carbonyl (C=O) groups is 1. The van der Waals surface area contributed by atoms with Crippen LogP contribution in [-0.2, 0) is 20.9 Å². The molecule has 1 aliphatic heterocycles. The van der Waals surface area contributed by atoms with Crippen molar-refractivity contribution in [3.8, 4) is 5.69 Å². The van der Waals surface area contributed by atoms with Crippen LogP contribution in [0, 0.1) is 0 Å². The molecule has 2 aromatic heterocycles. The smallest absolute Gasteiger partial charge is 0.323 e. The molecule has 1 aliphatic rings. The summed E-state index contributed by atoms with van der Waals surface area (Å²) in [7, 11) is 0. The second kappa shape index (κ2) is 8.94. The predicted octanol–water partition coefficient (Wildman–Crippen LogP) is 2.57. The van der Waals surface area contributed by atoms with Crippen molar-refractivity contribution in [1.82, 2.24) is 25.0 Å². The van der Waals surface area contributed by atoms with Gasteiger partial charge in [-0.3, -0.25) is 19.5 Å². The van der Waals surface area contributed by atoms with Crippen LogP contribution in [0.25, 0.3) is 5.69 Å². The largest absolute Gasteiger partial charge is 0.480 e. The number of anilines is 1. The Labute approximate surface area is 181 Å². The molecular formula is C18H16Cl2N6O4. The molecule has 10 nitrogen and oxygen atoms in total. The van der Waals surface area contributed by atoms with Gasteiger partial charge in [0.25, 0.3) is 0 Å². The van der Waals surface area contributed by atoms with E-state index in [0.717, 1.165) is 5.56 Å². The molecule has 0 amide bonds. The Morgan fingerprint density at radius 1 is 1.20 bits per heavy atom. The maximum atomic E-state index is 11.8. The lowest BCUT2D eigenvalue weighted by Gasteiger charge is -2.37. The predicted molar refractivity (Wildman–Crippen MR) is 107 cm³/mol. The van der Waals surface area contributed by atoms with Crippen molar-refractivity contribution in [2.45, 2.75) is 12.5 Å². The van der Waals surface area contributed by atoms with Crippen molar-refractivity contribution >= 4 is 34.9 Å². The minimum Gasteiger partial charge on any atom is -0.480 e. The number of carboxylic acids is 1. The number of rotatable bonds is 6. The van der Waals surface area contributed by atoms with Crippen molar-refractivity contribution in [2.24, 2.45) is 0 Å². The Morgan fingerprint density at radius 3 is 2.70 bits per heavy atom. The first-order chi connectivity index (χ1) is 14.5. The summed E-state index contributed by atoms with van der Waals surface area (Å²) in [5, 5.41) is 20.8. The van der Waals surface area contributed by atoms with Crippen molar-refractivity contribution in [3.05, 3.63) is 64.7 Å². The fourth-order valence-corrected chi connectivity index (χ4v) is 3.25. The van der Waals surface area contributed by atoms with Crippen LogP contribution < -0.4 is 5.06 Å². The quantitative estimate of drug-likeness (QED) is 0.605. The molecule has 1 atom stereocenters. The van der Waals surface area contributed by atoms with E-state index in [4.69, 9.17) is 32.9 Å². The first kappa shape index (κ1) is 20.5. The maximum Gasteiger partial charge on any atom is 0.323 e. The van der Waals surface area contributed by atoms with Gasteiger partial charge in [-0.2, -0.15) is 0 Å². The molecule has 0 saturated carbocycles. The molecule has 1 unspecified atom stereocenters. The number of aliphatic carboxylic acids is 1. The molecule has 30 heavy (non-hydrogen) atoms. The van der Waals surface area contributed by atoms with Crippen LogP contribution in [0.5, 0.6) is 0 Å². The topological polar surface area (TPSA) is 106 Å². The minimum absolute atomic E-state index is 0.0629. The normalized spacial score (nSPS) is 15.9. The molecule has 156 valence electrons. The fourth-order valence-electron chi connectivity index (χ4n) is 2.95. The third-order valence-electron chi connectivity index (χ3n) is 4.38. The molecule has 1 fully saturated rings. The Morgan fingerprint density at radius 2 is 2.07 bits per heavy atom. The van der Waals surface area contributed by atoms with E-state index in [2.05, 4.69) is 15.3 Å². The number of hydrogen-bond acceptors (Lipinski definition) is 8. The van der Waals surface area contributed by atoms with Crippen LogP contribution in [0.4, 0.5) is 5.69 Å². The average molecular weight is 451 g/mol. The standard InChI is InChI=1S/C18H16Cl2N6O4/c19-13-3-4-14(24-9-17(20)22-23-24)15(7-13)25-10-30-26(11-29-25)16(18(27)28)6-12-2-1-5-21-8-12/h1-5,7-9,16H,6,10-11H2,(H,27,28). The number of aromatic nitrogens is 4. The van der Waals surface area contributed by atoms with Gasteiger partial charge in [0.15, 0.2) is 18.6 Å². The van der Waals surface area contributed by atoms with Crippen molar-refractivity contribution < 1.29 is 19.6 Å². The summed E-state index contributed by atoms with van der Waals surface area (Å²) in [5.74, 6) is -1.03. The SMILES string of the molecule is O=C(O)C(Cc1cccnc1)N1CON(c2cc(Cl)ccc2-n2cc(Cl)nn2)CO1. The van der Waals surface area contributed by atoms with Gasteiger partial charge < -0.3 is 5.11 Å². The molecule has 12 heteroatoms. The van der Waals surface area contributed by atoms with Crippen molar-refractivity contribution in [3.63, 3.8) is 0 Å². The fraction of sp³-hybridized carbons (Fsp3) is 0.222. The van der Waals surface area contributed by atoms with E-state index in [9.17, 15) is 9.90 Å². The number of hydrogen-bond donors (Lipinski definition) is 1. The summed E-state index contributed by atoms with van der Waals surface area (Å²) in [6.07, 6.45) is 5.00. The molecule has 0 bridgehead atoms. The van der Waals surface area contributed by atoms with E-state index < -0.39 is 12.0 Å². The summed E-state index contributed by atoms with van der Waals surface area (Å²) in [5.41, 5.74) is 1.94. The molecule has 3 heterocycles. The number of halogens is 2. The van der Waals surface area contributed by atoms with Crippen molar-refractivity contribution in [1.29, 1.82) is 0 Å². The minimum atomic E-state index is -1.03. The Bertz CT molecular complexity index is 1030. The second-order valence-corrected chi connectivity index (χ2v) is 7.17. The van der Waals surface area contributed by atoms with Gasteiger partial charge in [0.05, 0.1) is 17.6 Å². The highest BCUT2D eigenvalue weighted by Crippen LogP contribution is 2.30. The third kappa shape index (κ3) is 4.53. The first-order valence-electron chi connectivity index (χ1n) is 8.81. The van der Waals surface area contributed by atoms with Gasteiger partial charge >= 0.3 is 5.97 Å². The van der Waals surface area contributed by atoms with Crippen LogP contribution >= 0.6 is 23.2 Å². The number of hydroxylamine groups is 3. The highest BCUT2D eigenvalue weighted by atomic mass is 35.5. The van der Waals surface area contributed by atoms with E-state index in [1.165, 1.54) is 14.8 Å². The molecule has 0 spiro atoms. The number of carboxylic acid groups (broad SMARTS) is 1. The molecular weight excluding hydrogens is 435 g/mol. The van der Waals surface area contributed by atoms with Gasteiger partial charge in [-0.15, -0.1) is 10.2 Å². The number of benzene rings is 1. The van der Waals surface area contributed by atoms with E-state index in [1.54, 1.807) is 42.9 Å². The van der Waals surface area contributed by atoms with Gasteiger partial charge in [0.1, 0.15) is 6.04 Å².